The van der Waals surface area contributed by atoms with Gasteiger partial charge in [0.15, 0.2) is 0 Å². The van der Waals surface area contributed by atoms with Gasteiger partial charge in [-0.25, -0.2) is 9.29 Å². The summed E-state index contributed by atoms with van der Waals surface area (Å²) in [6.07, 6.45) is 2.08. The molecule has 2 aliphatic heterocycles. The van der Waals surface area contributed by atoms with E-state index in [1.165, 1.54) is 17.0 Å². The molecule has 1 unspecified atom stereocenters. The van der Waals surface area contributed by atoms with Crippen LogP contribution in [0.1, 0.15) is 25.3 Å². The third kappa shape index (κ3) is 3.58. The summed E-state index contributed by atoms with van der Waals surface area (Å²) in [7, 11) is 3.87. The molecular weight excluding hydrogens is 381 g/mol. The Morgan fingerprint density at radius 1 is 0.967 bits per heavy atom. The number of carbonyl (C=O) groups is 2. The molecule has 2 amide bonds. The maximum atomic E-state index is 13.5. The minimum absolute atomic E-state index is 0.314. The molecular formula is C24H26FN3O2. The molecule has 0 N–H and O–H groups in total. The normalized spacial score (nSPS) is 19.7. The van der Waals surface area contributed by atoms with Crippen LogP contribution in [0.15, 0.2) is 54.2 Å². The fourth-order valence-electron chi connectivity index (χ4n) is 4.22. The first-order valence-electron chi connectivity index (χ1n) is 10.3. The molecule has 5 nitrogen and oxygen atoms in total. The summed E-state index contributed by atoms with van der Waals surface area (Å²) in [4.78, 5) is 32.2. The minimum atomic E-state index is -0.375. The summed E-state index contributed by atoms with van der Waals surface area (Å²) in [5.41, 5.74) is 2.86. The van der Waals surface area contributed by atoms with Gasteiger partial charge in [0.05, 0.1) is 11.3 Å². The monoisotopic (exact) mass is 407 g/mol. The Kier molecular flexibility index (Phi) is 5.33. The van der Waals surface area contributed by atoms with E-state index in [9.17, 15) is 14.0 Å². The lowest BCUT2D eigenvalue weighted by molar-refractivity contribution is -0.120. The summed E-state index contributed by atoms with van der Waals surface area (Å²) in [5, 5.41) is 0. The lowest BCUT2D eigenvalue weighted by atomic mass is 9.98. The van der Waals surface area contributed by atoms with E-state index in [0.717, 1.165) is 31.6 Å². The van der Waals surface area contributed by atoms with Crippen molar-refractivity contribution in [1.82, 2.24) is 4.90 Å². The number of halogens is 1. The molecule has 0 bridgehead atoms. The van der Waals surface area contributed by atoms with Gasteiger partial charge in [-0.1, -0.05) is 19.1 Å². The van der Waals surface area contributed by atoms with Gasteiger partial charge >= 0.3 is 0 Å². The van der Waals surface area contributed by atoms with Gasteiger partial charge < -0.3 is 9.80 Å². The summed E-state index contributed by atoms with van der Waals surface area (Å²) < 4.78 is 13.5. The molecule has 0 aliphatic carbocycles. The number of imide groups is 1. The summed E-state index contributed by atoms with van der Waals surface area (Å²) in [5.74, 6) is -0.610. The SMILES string of the molecule is CC1CCCN(C2=C(c3ccc(F)cc3)C(=O)N(c3ccc(N(C)C)cc3)C2=O)C1. The highest BCUT2D eigenvalue weighted by Gasteiger charge is 2.43. The van der Waals surface area contributed by atoms with Crippen LogP contribution in [0.3, 0.4) is 0 Å². The molecule has 2 aromatic rings. The molecule has 2 aromatic carbocycles. The van der Waals surface area contributed by atoms with Crippen molar-refractivity contribution in [2.45, 2.75) is 19.8 Å². The van der Waals surface area contributed by atoms with Gasteiger partial charge in [0.2, 0.25) is 0 Å². The van der Waals surface area contributed by atoms with Crippen LogP contribution >= 0.6 is 0 Å². The second-order valence-corrected chi connectivity index (χ2v) is 8.28. The maximum absolute atomic E-state index is 13.5. The first-order chi connectivity index (χ1) is 14.4. The largest absolute Gasteiger partial charge is 0.378 e. The van der Waals surface area contributed by atoms with Crippen LogP contribution in [0.25, 0.3) is 5.57 Å². The quantitative estimate of drug-likeness (QED) is 0.721. The highest BCUT2D eigenvalue weighted by Crippen LogP contribution is 2.36. The molecule has 156 valence electrons. The summed E-state index contributed by atoms with van der Waals surface area (Å²) in [6, 6.07) is 13.1. The molecule has 0 spiro atoms. The van der Waals surface area contributed by atoms with E-state index in [1.807, 2.05) is 36.0 Å². The molecule has 4 rings (SSSR count). The number of amides is 2. The Labute approximate surface area is 176 Å². The van der Waals surface area contributed by atoms with Crippen molar-refractivity contribution in [3.8, 4) is 0 Å². The van der Waals surface area contributed by atoms with Gasteiger partial charge in [0.25, 0.3) is 11.8 Å². The molecule has 30 heavy (non-hydrogen) atoms. The predicted octanol–water partition coefficient (Wildman–Crippen LogP) is 3.91. The zero-order chi connectivity index (χ0) is 21.4. The molecule has 0 aromatic heterocycles. The van der Waals surface area contributed by atoms with Crippen molar-refractivity contribution >= 4 is 28.8 Å². The first-order valence-corrected chi connectivity index (χ1v) is 10.3. The number of anilines is 2. The van der Waals surface area contributed by atoms with E-state index >= 15 is 0 Å². The van der Waals surface area contributed by atoms with Crippen LogP contribution < -0.4 is 9.80 Å². The molecule has 0 radical (unpaired) electrons. The van der Waals surface area contributed by atoms with Crippen LogP contribution in [-0.2, 0) is 9.59 Å². The molecule has 2 heterocycles. The van der Waals surface area contributed by atoms with E-state index < -0.39 is 0 Å². The van der Waals surface area contributed by atoms with Crippen LogP contribution in [0.4, 0.5) is 15.8 Å². The highest BCUT2D eigenvalue weighted by atomic mass is 19.1. The highest BCUT2D eigenvalue weighted by molar-refractivity contribution is 6.45. The topological polar surface area (TPSA) is 43.9 Å². The molecule has 1 fully saturated rings. The Hall–Kier alpha value is -3.15. The van der Waals surface area contributed by atoms with Crippen LogP contribution in [0, 0.1) is 11.7 Å². The van der Waals surface area contributed by atoms with Crippen molar-refractivity contribution in [2.24, 2.45) is 5.92 Å². The Bertz CT molecular complexity index is 996. The number of rotatable bonds is 4. The number of carbonyl (C=O) groups excluding carboxylic acids is 2. The third-order valence-electron chi connectivity index (χ3n) is 5.79. The number of hydrogen-bond acceptors (Lipinski definition) is 4. The summed E-state index contributed by atoms with van der Waals surface area (Å²) in [6.45, 7) is 3.62. The average molecular weight is 407 g/mol. The number of piperidine rings is 1. The minimum Gasteiger partial charge on any atom is -0.378 e. The van der Waals surface area contributed by atoms with E-state index in [4.69, 9.17) is 0 Å². The number of nitrogens with zero attached hydrogens (tertiary/aromatic N) is 3. The fraction of sp³-hybridized carbons (Fsp3) is 0.333. The second kappa shape index (κ2) is 7.94. The standard InChI is InChI=1S/C24H26FN3O2/c1-16-5-4-14-27(15-16)22-21(17-6-8-18(25)9-7-17)23(29)28(24(22)30)20-12-10-19(11-13-20)26(2)3/h6-13,16H,4-5,14-15H2,1-3H3. The number of likely N-dealkylation sites (tertiary alicyclic amines) is 1. The second-order valence-electron chi connectivity index (χ2n) is 8.28. The van der Waals surface area contributed by atoms with Crippen molar-refractivity contribution in [1.29, 1.82) is 0 Å². The van der Waals surface area contributed by atoms with Crippen LogP contribution in [-0.4, -0.2) is 43.9 Å². The van der Waals surface area contributed by atoms with Gasteiger partial charge in [0, 0.05) is 32.9 Å². The first kappa shape index (κ1) is 20.1. The number of benzene rings is 2. The fourth-order valence-corrected chi connectivity index (χ4v) is 4.22. The van der Waals surface area contributed by atoms with Gasteiger partial charge in [-0.05, 0) is 60.7 Å². The van der Waals surface area contributed by atoms with E-state index in [1.54, 1.807) is 24.3 Å². The zero-order valence-electron chi connectivity index (χ0n) is 17.6. The molecule has 1 atom stereocenters. The van der Waals surface area contributed by atoms with E-state index in [-0.39, 0.29) is 17.6 Å². The third-order valence-corrected chi connectivity index (χ3v) is 5.79. The molecule has 6 heteroatoms. The smallest absolute Gasteiger partial charge is 0.282 e. The van der Waals surface area contributed by atoms with Crippen molar-refractivity contribution < 1.29 is 14.0 Å². The van der Waals surface area contributed by atoms with E-state index in [2.05, 4.69) is 6.92 Å². The van der Waals surface area contributed by atoms with Crippen molar-refractivity contribution in [3.63, 3.8) is 0 Å². The lowest BCUT2D eigenvalue weighted by Crippen LogP contribution is -2.39. The van der Waals surface area contributed by atoms with Gasteiger partial charge in [-0.3, -0.25) is 9.59 Å². The zero-order valence-corrected chi connectivity index (χ0v) is 17.6. The maximum Gasteiger partial charge on any atom is 0.282 e. The van der Waals surface area contributed by atoms with E-state index in [0.29, 0.717) is 28.4 Å². The Morgan fingerprint density at radius 2 is 1.63 bits per heavy atom. The average Bonchev–Trinajstić information content (AvgIpc) is 2.99. The van der Waals surface area contributed by atoms with Gasteiger partial charge in [0.1, 0.15) is 11.5 Å². The predicted molar refractivity (Wildman–Crippen MR) is 117 cm³/mol. The van der Waals surface area contributed by atoms with Crippen LogP contribution in [0.2, 0.25) is 0 Å². The van der Waals surface area contributed by atoms with Crippen LogP contribution in [0.5, 0.6) is 0 Å². The molecule has 2 aliphatic rings. The molecule has 1 saturated heterocycles. The lowest BCUT2D eigenvalue weighted by Gasteiger charge is -2.33. The van der Waals surface area contributed by atoms with Crippen molar-refractivity contribution in [3.05, 3.63) is 65.6 Å². The van der Waals surface area contributed by atoms with Gasteiger partial charge in [-0.15, -0.1) is 0 Å². The van der Waals surface area contributed by atoms with Gasteiger partial charge in [-0.2, -0.15) is 0 Å². The summed E-state index contributed by atoms with van der Waals surface area (Å²) >= 11 is 0. The van der Waals surface area contributed by atoms with Crippen molar-refractivity contribution in [2.75, 3.05) is 37.0 Å². The Morgan fingerprint density at radius 3 is 2.23 bits per heavy atom. The molecule has 0 saturated carbocycles. The number of hydrogen-bond donors (Lipinski definition) is 0. The Balaban J connectivity index is 1.78.